The number of rotatable bonds is 3. The van der Waals surface area contributed by atoms with Gasteiger partial charge in [-0.2, -0.15) is 5.26 Å². The van der Waals surface area contributed by atoms with Gasteiger partial charge >= 0.3 is 0 Å². The molecule has 1 aromatic rings. The Balaban J connectivity index is 2.98. The van der Waals surface area contributed by atoms with E-state index in [1.54, 1.807) is 24.4 Å². The summed E-state index contributed by atoms with van der Waals surface area (Å²) in [6.45, 7) is 1.55. The summed E-state index contributed by atoms with van der Waals surface area (Å²) in [6.07, 6.45) is 0.0419. The van der Waals surface area contributed by atoms with Gasteiger partial charge in [0.25, 0.3) is 0 Å². The molecule has 0 spiro atoms. The predicted octanol–water partition coefficient (Wildman–Crippen LogP) is 1.82. The molecule has 0 aliphatic rings. The van der Waals surface area contributed by atoms with Gasteiger partial charge in [-0.1, -0.05) is 6.07 Å². The fraction of sp³-hybridized carbons (Fsp3) is 0.375. The van der Waals surface area contributed by atoms with Crippen LogP contribution in [0, 0.1) is 11.3 Å². The predicted molar refractivity (Wildman–Crippen MR) is 51.2 cm³/mol. The van der Waals surface area contributed by atoms with Gasteiger partial charge in [0, 0.05) is 0 Å². The van der Waals surface area contributed by atoms with Crippen molar-refractivity contribution in [1.29, 1.82) is 5.26 Å². The van der Waals surface area contributed by atoms with Crippen LogP contribution in [0.1, 0.15) is 13.3 Å². The monoisotopic (exact) mass is 215 g/mol. The molecule has 1 atom stereocenters. The van der Waals surface area contributed by atoms with Crippen LogP contribution in [0.3, 0.4) is 0 Å². The summed E-state index contributed by atoms with van der Waals surface area (Å²) in [5, 5.41) is 9.49. The molecule has 5 heteroatoms. The molecular weight excluding hydrogens is 206 g/mol. The lowest BCUT2D eigenvalue weighted by Crippen LogP contribution is -2.16. The lowest BCUT2D eigenvalue weighted by atomic mass is 10.4. The molecule has 3 nitrogen and oxygen atoms in total. The van der Waals surface area contributed by atoms with Crippen molar-refractivity contribution in [3.05, 3.63) is 17.5 Å². The molecule has 0 bridgehead atoms. The summed E-state index contributed by atoms with van der Waals surface area (Å²) in [5.74, 6) is 0. The number of nitriles is 1. The lowest BCUT2D eigenvalue weighted by Gasteiger charge is -2.06. The highest BCUT2D eigenvalue weighted by Crippen LogP contribution is 2.22. The molecule has 0 saturated carbocycles. The summed E-state index contributed by atoms with van der Waals surface area (Å²) < 4.78 is 23.6. The number of hydrogen-bond donors (Lipinski definition) is 0. The van der Waals surface area contributed by atoms with Crippen LogP contribution in [-0.4, -0.2) is 13.7 Å². The van der Waals surface area contributed by atoms with Crippen molar-refractivity contribution >= 4 is 21.2 Å². The average Bonchev–Trinajstić information content (AvgIpc) is 2.56. The van der Waals surface area contributed by atoms with Gasteiger partial charge in [-0.15, -0.1) is 11.3 Å². The standard InChI is InChI=1S/C8H9NO2S2/c1-7(4-5-9)13(10,11)8-3-2-6-12-8/h2-3,6-7H,4H2,1H3. The molecule has 70 valence electrons. The van der Waals surface area contributed by atoms with Crippen LogP contribution in [0.25, 0.3) is 0 Å². The smallest absolute Gasteiger partial charge is 0.191 e. The van der Waals surface area contributed by atoms with E-state index in [1.807, 2.05) is 6.07 Å². The minimum absolute atomic E-state index is 0.0419. The number of thiophene rings is 1. The third-order valence-electron chi connectivity index (χ3n) is 1.68. The summed E-state index contributed by atoms with van der Waals surface area (Å²) in [4.78, 5) is 0. The van der Waals surface area contributed by atoms with E-state index in [4.69, 9.17) is 5.26 Å². The largest absolute Gasteiger partial charge is 0.223 e. The summed E-state index contributed by atoms with van der Waals surface area (Å²) >= 11 is 1.19. The Morgan fingerprint density at radius 2 is 2.38 bits per heavy atom. The topological polar surface area (TPSA) is 57.9 Å². The minimum atomic E-state index is -3.26. The molecule has 1 unspecified atom stereocenters. The van der Waals surface area contributed by atoms with Crippen molar-refractivity contribution in [3.8, 4) is 6.07 Å². The first-order chi connectivity index (χ1) is 6.09. The van der Waals surface area contributed by atoms with E-state index in [-0.39, 0.29) is 6.42 Å². The second-order valence-electron chi connectivity index (χ2n) is 2.65. The van der Waals surface area contributed by atoms with Crippen molar-refractivity contribution in [2.75, 3.05) is 0 Å². The van der Waals surface area contributed by atoms with Crippen molar-refractivity contribution in [2.45, 2.75) is 22.8 Å². The molecule has 0 fully saturated rings. The summed E-state index contributed by atoms with van der Waals surface area (Å²) in [6, 6.07) is 5.12. The maximum Gasteiger partial charge on any atom is 0.191 e. The summed E-state index contributed by atoms with van der Waals surface area (Å²) in [7, 11) is -3.26. The first-order valence-corrected chi connectivity index (χ1v) is 6.16. The highest BCUT2D eigenvalue weighted by molar-refractivity contribution is 7.94. The lowest BCUT2D eigenvalue weighted by molar-refractivity contribution is 0.586. The maximum absolute atomic E-state index is 11.6. The van der Waals surface area contributed by atoms with Crippen molar-refractivity contribution in [1.82, 2.24) is 0 Å². The fourth-order valence-corrected chi connectivity index (χ4v) is 3.47. The fourth-order valence-electron chi connectivity index (χ4n) is 0.862. The molecule has 0 aliphatic carbocycles. The van der Waals surface area contributed by atoms with Crippen molar-refractivity contribution in [3.63, 3.8) is 0 Å². The van der Waals surface area contributed by atoms with Gasteiger partial charge < -0.3 is 0 Å². The molecular formula is C8H9NO2S2. The van der Waals surface area contributed by atoms with Gasteiger partial charge in [0.1, 0.15) is 4.21 Å². The first-order valence-electron chi connectivity index (χ1n) is 3.73. The highest BCUT2D eigenvalue weighted by Gasteiger charge is 2.23. The number of sulfone groups is 1. The molecule has 0 saturated heterocycles. The molecule has 1 rings (SSSR count). The molecule has 1 aromatic heterocycles. The van der Waals surface area contributed by atoms with Gasteiger partial charge in [0.15, 0.2) is 9.84 Å². The minimum Gasteiger partial charge on any atom is -0.223 e. The van der Waals surface area contributed by atoms with E-state index in [2.05, 4.69) is 0 Å². The van der Waals surface area contributed by atoms with E-state index < -0.39 is 15.1 Å². The Morgan fingerprint density at radius 3 is 2.85 bits per heavy atom. The average molecular weight is 215 g/mol. The number of hydrogen-bond acceptors (Lipinski definition) is 4. The normalized spacial score (nSPS) is 13.5. The summed E-state index contributed by atoms with van der Waals surface area (Å²) in [5.41, 5.74) is 0. The Hall–Kier alpha value is -0.860. The molecule has 0 radical (unpaired) electrons. The highest BCUT2D eigenvalue weighted by atomic mass is 32.2. The third kappa shape index (κ3) is 2.08. The van der Waals surface area contributed by atoms with Crippen molar-refractivity contribution < 1.29 is 8.42 Å². The zero-order valence-corrected chi connectivity index (χ0v) is 8.73. The second-order valence-corrected chi connectivity index (χ2v) is 6.19. The molecule has 0 amide bonds. The van der Waals surface area contributed by atoms with E-state index >= 15 is 0 Å². The van der Waals surface area contributed by atoms with Gasteiger partial charge in [-0.25, -0.2) is 8.42 Å². The van der Waals surface area contributed by atoms with E-state index in [0.29, 0.717) is 4.21 Å². The van der Waals surface area contributed by atoms with E-state index in [1.165, 1.54) is 11.3 Å². The quantitative estimate of drug-likeness (QED) is 0.772. The van der Waals surface area contributed by atoms with Crippen LogP contribution >= 0.6 is 11.3 Å². The van der Waals surface area contributed by atoms with Gasteiger partial charge in [0.2, 0.25) is 0 Å². The van der Waals surface area contributed by atoms with Gasteiger partial charge in [-0.05, 0) is 18.4 Å². The molecule has 13 heavy (non-hydrogen) atoms. The van der Waals surface area contributed by atoms with Crippen LogP contribution in [0.4, 0.5) is 0 Å². The zero-order valence-electron chi connectivity index (χ0n) is 7.10. The van der Waals surface area contributed by atoms with Crippen LogP contribution in [0.15, 0.2) is 21.7 Å². The maximum atomic E-state index is 11.6. The molecule has 0 N–H and O–H groups in total. The Kier molecular flexibility index (Phi) is 3.07. The van der Waals surface area contributed by atoms with Crippen LogP contribution in [0.2, 0.25) is 0 Å². The Bertz CT molecular complexity index is 400. The van der Waals surface area contributed by atoms with E-state index in [9.17, 15) is 8.42 Å². The third-order valence-corrected chi connectivity index (χ3v) is 5.25. The molecule has 0 aromatic carbocycles. The second kappa shape index (κ2) is 3.90. The van der Waals surface area contributed by atoms with Crippen molar-refractivity contribution in [2.24, 2.45) is 0 Å². The Labute approximate surface area is 81.5 Å². The van der Waals surface area contributed by atoms with Crippen LogP contribution in [0.5, 0.6) is 0 Å². The van der Waals surface area contributed by atoms with Crippen LogP contribution in [-0.2, 0) is 9.84 Å². The Morgan fingerprint density at radius 1 is 1.69 bits per heavy atom. The zero-order chi connectivity index (χ0) is 9.90. The van der Waals surface area contributed by atoms with E-state index in [0.717, 1.165) is 0 Å². The van der Waals surface area contributed by atoms with Crippen LogP contribution < -0.4 is 0 Å². The molecule has 1 heterocycles. The van der Waals surface area contributed by atoms with Gasteiger partial charge in [-0.3, -0.25) is 0 Å². The molecule has 0 aliphatic heterocycles. The number of nitrogens with zero attached hydrogens (tertiary/aromatic N) is 1. The SMILES string of the molecule is CC(CC#N)S(=O)(=O)c1cccs1. The van der Waals surface area contributed by atoms with Gasteiger partial charge in [0.05, 0.1) is 17.7 Å². The first kappa shape index (κ1) is 10.2.